The Morgan fingerprint density at radius 2 is 1.68 bits per heavy atom. The first-order valence-corrected chi connectivity index (χ1v) is 11.1. The van der Waals surface area contributed by atoms with E-state index in [-0.39, 0.29) is 11.3 Å². The predicted octanol–water partition coefficient (Wildman–Crippen LogP) is 5.34. The number of methoxy groups -OCH3 is 1. The van der Waals surface area contributed by atoms with Crippen LogP contribution in [0.1, 0.15) is 35.2 Å². The van der Waals surface area contributed by atoms with Crippen LogP contribution < -0.4 is 14.4 Å². The average Bonchev–Trinajstić information content (AvgIpc) is 3.10. The fourth-order valence-corrected chi connectivity index (χ4v) is 4.47. The van der Waals surface area contributed by atoms with Crippen LogP contribution in [-0.2, 0) is 9.59 Å². The van der Waals surface area contributed by atoms with Crippen LogP contribution in [0.5, 0.6) is 11.5 Å². The molecule has 1 amide bonds. The number of nitrogens with zero attached hydrogens (tertiary/aromatic N) is 1. The monoisotopic (exact) mass is 457 g/mol. The SMILES string of the molecule is CCOc1ccc(N2C(=O)C(=O)/C(=C(/O)c3cc(C)cc(C)c3OC)C2c2ccccc2)cc1. The van der Waals surface area contributed by atoms with Crippen molar-refractivity contribution in [3.63, 3.8) is 0 Å². The predicted molar refractivity (Wildman–Crippen MR) is 131 cm³/mol. The molecular formula is C28H27NO5. The smallest absolute Gasteiger partial charge is 0.300 e. The highest BCUT2D eigenvalue weighted by Gasteiger charge is 2.47. The first kappa shape index (κ1) is 23.1. The maximum atomic E-state index is 13.4. The Bertz CT molecular complexity index is 1260. The number of ether oxygens (including phenoxy) is 2. The Kier molecular flexibility index (Phi) is 6.41. The second-order valence-corrected chi connectivity index (χ2v) is 8.17. The van der Waals surface area contributed by atoms with E-state index in [2.05, 4.69) is 0 Å². The zero-order valence-electron chi connectivity index (χ0n) is 19.7. The van der Waals surface area contributed by atoms with Gasteiger partial charge in [-0.1, -0.05) is 36.4 Å². The largest absolute Gasteiger partial charge is 0.507 e. The molecule has 1 fully saturated rings. The average molecular weight is 458 g/mol. The van der Waals surface area contributed by atoms with Crippen molar-refractivity contribution in [2.75, 3.05) is 18.6 Å². The highest BCUT2D eigenvalue weighted by Crippen LogP contribution is 2.44. The molecule has 3 aromatic rings. The fourth-order valence-electron chi connectivity index (χ4n) is 4.47. The van der Waals surface area contributed by atoms with Crippen LogP contribution in [0, 0.1) is 13.8 Å². The number of benzene rings is 3. The van der Waals surface area contributed by atoms with Crippen molar-refractivity contribution < 1.29 is 24.2 Å². The van der Waals surface area contributed by atoms with E-state index in [1.54, 1.807) is 30.3 Å². The molecule has 0 aliphatic carbocycles. The third-order valence-electron chi connectivity index (χ3n) is 5.86. The summed E-state index contributed by atoms with van der Waals surface area (Å²) in [6.07, 6.45) is 0. The summed E-state index contributed by atoms with van der Waals surface area (Å²) in [6.45, 7) is 6.18. The minimum atomic E-state index is -0.801. The van der Waals surface area contributed by atoms with Crippen LogP contribution >= 0.6 is 0 Å². The van der Waals surface area contributed by atoms with Crippen LogP contribution in [-0.4, -0.2) is 30.5 Å². The second kappa shape index (κ2) is 9.43. The number of carbonyl (C=O) groups is 2. The minimum absolute atomic E-state index is 0.0217. The molecule has 0 spiro atoms. The maximum absolute atomic E-state index is 13.4. The van der Waals surface area contributed by atoms with Crippen LogP contribution in [0.25, 0.3) is 5.76 Å². The summed E-state index contributed by atoms with van der Waals surface area (Å²) in [5.41, 5.74) is 3.36. The van der Waals surface area contributed by atoms with Crippen LogP contribution in [0.3, 0.4) is 0 Å². The molecule has 4 rings (SSSR count). The minimum Gasteiger partial charge on any atom is -0.507 e. The summed E-state index contributed by atoms with van der Waals surface area (Å²) in [7, 11) is 1.52. The summed E-state index contributed by atoms with van der Waals surface area (Å²) in [5, 5.41) is 11.5. The lowest BCUT2D eigenvalue weighted by molar-refractivity contribution is -0.132. The van der Waals surface area contributed by atoms with E-state index in [1.165, 1.54) is 12.0 Å². The van der Waals surface area contributed by atoms with Crippen LogP contribution in [0.15, 0.2) is 72.3 Å². The van der Waals surface area contributed by atoms with Crippen LogP contribution in [0.2, 0.25) is 0 Å². The molecule has 0 bridgehead atoms. The molecule has 0 saturated carbocycles. The van der Waals surface area contributed by atoms with Gasteiger partial charge in [0.05, 0.1) is 30.9 Å². The Labute approximate surface area is 199 Å². The number of carbonyl (C=O) groups excluding carboxylic acids is 2. The van der Waals surface area contributed by atoms with E-state index in [0.29, 0.717) is 34.9 Å². The lowest BCUT2D eigenvalue weighted by Crippen LogP contribution is -2.29. The third kappa shape index (κ3) is 4.03. The highest BCUT2D eigenvalue weighted by atomic mass is 16.5. The summed E-state index contributed by atoms with van der Waals surface area (Å²) in [6, 6.07) is 19.1. The lowest BCUT2D eigenvalue weighted by atomic mass is 9.93. The van der Waals surface area contributed by atoms with Gasteiger partial charge in [-0.25, -0.2) is 0 Å². The van der Waals surface area contributed by atoms with Crippen molar-refractivity contribution in [2.24, 2.45) is 0 Å². The molecule has 1 N–H and O–H groups in total. The van der Waals surface area contributed by atoms with Gasteiger partial charge < -0.3 is 14.6 Å². The van der Waals surface area contributed by atoms with E-state index < -0.39 is 17.7 Å². The fraction of sp³-hybridized carbons (Fsp3) is 0.214. The molecule has 6 heteroatoms. The van der Waals surface area contributed by atoms with Gasteiger partial charge in [-0.3, -0.25) is 14.5 Å². The van der Waals surface area contributed by atoms with E-state index in [0.717, 1.165) is 11.1 Å². The van der Waals surface area contributed by atoms with Crippen LogP contribution in [0.4, 0.5) is 5.69 Å². The second-order valence-electron chi connectivity index (χ2n) is 8.17. The number of aliphatic hydroxyl groups excluding tert-OH is 1. The van der Waals surface area contributed by atoms with Gasteiger partial charge in [-0.2, -0.15) is 0 Å². The first-order valence-electron chi connectivity index (χ1n) is 11.1. The molecule has 1 atom stereocenters. The van der Waals surface area contributed by atoms with Gasteiger partial charge in [-0.15, -0.1) is 0 Å². The molecule has 174 valence electrons. The third-order valence-corrected chi connectivity index (χ3v) is 5.86. The zero-order valence-corrected chi connectivity index (χ0v) is 19.7. The first-order chi connectivity index (χ1) is 16.4. The number of hydrogen-bond acceptors (Lipinski definition) is 5. The van der Waals surface area contributed by atoms with Crippen molar-refractivity contribution in [2.45, 2.75) is 26.8 Å². The van der Waals surface area contributed by atoms with E-state index >= 15 is 0 Å². The highest BCUT2D eigenvalue weighted by molar-refractivity contribution is 6.51. The van der Waals surface area contributed by atoms with Crippen molar-refractivity contribution in [3.05, 3.63) is 94.6 Å². The molecule has 0 aromatic heterocycles. The number of aliphatic hydroxyl groups is 1. The molecule has 0 radical (unpaired) electrons. The molecule has 1 heterocycles. The molecule has 34 heavy (non-hydrogen) atoms. The van der Waals surface area contributed by atoms with E-state index in [4.69, 9.17) is 9.47 Å². The maximum Gasteiger partial charge on any atom is 0.300 e. The normalized spacial score (nSPS) is 17.2. The zero-order chi connectivity index (χ0) is 24.4. The molecule has 1 saturated heterocycles. The van der Waals surface area contributed by atoms with Crippen molar-refractivity contribution in [1.82, 2.24) is 0 Å². The van der Waals surface area contributed by atoms with Gasteiger partial charge in [0.25, 0.3) is 11.7 Å². The molecule has 6 nitrogen and oxygen atoms in total. The van der Waals surface area contributed by atoms with Gasteiger partial charge in [0.15, 0.2) is 0 Å². The van der Waals surface area contributed by atoms with E-state index in [1.807, 2.05) is 57.2 Å². The summed E-state index contributed by atoms with van der Waals surface area (Å²) in [4.78, 5) is 28.1. The Morgan fingerprint density at radius 3 is 2.29 bits per heavy atom. The number of anilines is 1. The number of rotatable bonds is 6. The lowest BCUT2D eigenvalue weighted by Gasteiger charge is -2.26. The number of amides is 1. The van der Waals surface area contributed by atoms with Gasteiger partial charge in [0.2, 0.25) is 0 Å². The quantitative estimate of drug-likeness (QED) is 0.307. The van der Waals surface area contributed by atoms with Gasteiger partial charge >= 0.3 is 0 Å². The number of hydrogen-bond donors (Lipinski definition) is 1. The topological polar surface area (TPSA) is 76.1 Å². The molecule has 3 aromatic carbocycles. The molecule has 1 aliphatic heterocycles. The summed E-state index contributed by atoms with van der Waals surface area (Å²) in [5.74, 6) is -0.588. The Morgan fingerprint density at radius 1 is 1.00 bits per heavy atom. The number of aryl methyl sites for hydroxylation is 2. The molecule has 1 unspecified atom stereocenters. The van der Waals surface area contributed by atoms with E-state index in [9.17, 15) is 14.7 Å². The van der Waals surface area contributed by atoms with Crippen molar-refractivity contribution >= 4 is 23.1 Å². The number of ketones is 1. The van der Waals surface area contributed by atoms with Gasteiger partial charge in [-0.05, 0) is 67.8 Å². The Balaban J connectivity index is 1.94. The van der Waals surface area contributed by atoms with Gasteiger partial charge in [0, 0.05) is 5.69 Å². The molecule has 1 aliphatic rings. The summed E-state index contributed by atoms with van der Waals surface area (Å²) >= 11 is 0. The number of Topliss-reactive ketones (excluding diaryl/α,β-unsaturated/α-hetero) is 1. The van der Waals surface area contributed by atoms with Crippen molar-refractivity contribution in [1.29, 1.82) is 0 Å². The van der Waals surface area contributed by atoms with Crippen molar-refractivity contribution in [3.8, 4) is 11.5 Å². The Hall–Kier alpha value is -4.06. The standard InChI is InChI=1S/C28H27NO5/c1-5-34-21-13-11-20(12-14-21)29-24(19-9-7-6-8-10-19)23(26(31)28(29)32)25(30)22-16-17(2)15-18(3)27(22)33-4/h6-16,24,30H,5H2,1-4H3/b25-23+. The molecular weight excluding hydrogens is 430 g/mol. The summed E-state index contributed by atoms with van der Waals surface area (Å²) < 4.78 is 11.1. The van der Waals surface area contributed by atoms with Gasteiger partial charge in [0.1, 0.15) is 17.3 Å².